The Kier molecular flexibility index (Phi) is 14.8. The molecule has 2 saturated heterocycles. The number of esters is 1. The Morgan fingerprint density at radius 3 is 2.26 bits per heavy atom. The number of nitrogens with one attached hydrogen (secondary N) is 2. The van der Waals surface area contributed by atoms with E-state index in [1.165, 1.54) is 7.11 Å². The summed E-state index contributed by atoms with van der Waals surface area (Å²) in [5.74, 6) is -2.61. The number of likely N-dealkylation sites (N-methyl/N-ethyl adjacent to an activating group) is 1. The fourth-order valence-corrected chi connectivity index (χ4v) is 16.6. The van der Waals surface area contributed by atoms with Crippen molar-refractivity contribution in [1.82, 2.24) is 20.1 Å². The van der Waals surface area contributed by atoms with Crippen LogP contribution in [0.5, 0.6) is 5.75 Å². The molecule has 0 radical (unpaired) electrons. The lowest BCUT2D eigenvalue weighted by Gasteiger charge is -2.63. The van der Waals surface area contributed by atoms with Gasteiger partial charge in [-0.2, -0.15) is 8.42 Å². The number of ether oxygens (including phenoxy) is 2. The van der Waals surface area contributed by atoms with Gasteiger partial charge in [-0.15, -0.1) is 0 Å². The minimum atomic E-state index is -4.67. The smallest absolute Gasteiger partial charge is 0.394 e. The topological polar surface area (TPSA) is 261 Å². The number of aliphatic hydroxyl groups excluding tert-OH is 1. The first kappa shape index (κ1) is 54.3. The number of carbonyl (C=O) groups is 2. The van der Waals surface area contributed by atoms with Crippen LogP contribution in [0, 0.1) is 17.3 Å². The van der Waals surface area contributed by atoms with Gasteiger partial charge in [-0.05, 0) is 94.0 Å². The number of rotatable bonds is 13. The summed E-state index contributed by atoms with van der Waals surface area (Å²) in [6.07, 6.45) is 5.32. The van der Waals surface area contributed by atoms with Crippen molar-refractivity contribution >= 4 is 46.5 Å². The van der Waals surface area contributed by atoms with Gasteiger partial charge >= 0.3 is 24.0 Å². The van der Waals surface area contributed by atoms with Gasteiger partial charge < -0.3 is 49.0 Å². The van der Waals surface area contributed by atoms with Crippen LogP contribution in [0.4, 0.5) is 5.69 Å². The zero-order valence-electron chi connectivity index (χ0n) is 42.9. The van der Waals surface area contributed by atoms with Crippen molar-refractivity contribution in [3.05, 3.63) is 70.9 Å². The zero-order chi connectivity index (χ0) is 52.6. The molecule has 0 unspecified atom stereocenters. The number of anilines is 1. The highest BCUT2D eigenvalue weighted by Gasteiger charge is 2.79. The van der Waals surface area contributed by atoms with E-state index in [2.05, 4.69) is 32.2 Å². The van der Waals surface area contributed by atoms with Crippen LogP contribution in [0.25, 0.3) is 10.9 Å². The number of para-hydroxylation sites is 1. The normalized spacial score (nSPS) is 33.3. The molecule has 6 heterocycles. The Labute approximate surface area is 422 Å². The molecule has 6 aliphatic rings. The third kappa shape index (κ3) is 8.44. The maximum atomic E-state index is 15.5. The summed E-state index contributed by atoms with van der Waals surface area (Å²) in [6, 6.07) is 10.7. The number of amides is 1. The predicted molar refractivity (Wildman–Crippen MR) is 271 cm³/mol. The first-order chi connectivity index (χ1) is 33.9. The highest BCUT2D eigenvalue weighted by Crippen LogP contribution is 2.68. The second-order valence-electron chi connectivity index (χ2n) is 21.1. The number of carbonyl (C=O) groups excluding carboxylic acids is 2. The van der Waals surface area contributed by atoms with E-state index in [0.717, 1.165) is 27.7 Å². The van der Waals surface area contributed by atoms with Crippen LogP contribution in [-0.2, 0) is 55.6 Å². The summed E-state index contributed by atoms with van der Waals surface area (Å²) < 4.78 is 70.1. The second-order valence-corrected chi connectivity index (χ2v) is 24.2. The van der Waals surface area contributed by atoms with Crippen molar-refractivity contribution in [3.8, 4) is 5.75 Å². The van der Waals surface area contributed by atoms with Crippen LogP contribution in [0.1, 0.15) is 96.0 Å². The molecule has 1 aliphatic carbocycles. The van der Waals surface area contributed by atoms with Crippen molar-refractivity contribution in [2.24, 2.45) is 17.3 Å². The maximum absolute atomic E-state index is 15.5. The quantitative estimate of drug-likeness (QED) is 0.0517. The molecule has 1 saturated carbocycles. The van der Waals surface area contributed by atoms with Crippen LogP contribution in [0.2, 0.25) is 0 Å². The van der Waals surface area contributed by atoms with E-state index in [4.69, 9.17) is 36.0 Å². The number of benzene rings is 2. The molecule has 1 spiro atoms. The lowest BCUT2D eigenvalue weighted by Crippen LogP contribution is -2.82. The number of fused-ring (bicyclic) bond motifs is 6. The third-order valence-corrected chi connectivity index (χ3v) is 19.7. The Morgan fingerprint density at radius 1 is 0.972 bits per heavy atom. The van der Waals surface area contributed by atoms with E-state index in [0.29, 0.717) is 88.2 Å². The molecule has 11 atom stereocenters. The Morgan fingerprint density at radius 2 is 1.65 bits per heavy atom. The highest BCUT2D eigenvalue weighted by atomic mass is 32.3. The van der Waals surface area contributed by atoms with Crippen LogP contribution < -0.4 is 15.0 Å². The number of aromatic amines is 1. The first-order valence-electron chi connectivity index (χ1n) is 25.2. The summed E-state index contributed by atoms with van der Waals surface area (Å²) in [6.45, 7) is 14.4. The average molecular weight is 1040 g/mol. The fraction of sp³-hybridized carbons (Fsp3) is 0.647. The Bertz CT molecular complexity index is 2740. The number of aliphatic hydroxyl groups is 3. The van der Waals surface area contributed by atoms with Gasteiger partial charge in [0.15, 0.2) is 5.60 Å². The highest BCUT2D eigenvalue weighted by molar-refractivity contribution is 7.79. The standard InChI is InChI=1S/C51H72N5O10P.H2O4S/c1-10-47(60)27-32-28-50(46(59)64-9,40-34(19-23-55(29-32)30-47)33-17-14-15-18-37(33)52-40)36-25-35-38(26-39(36)63-8)54(7)43-49(35)21-24-56-22-16-20-48(11-2,42(49)56)44(57)51(43,61)45(58)53-41(31(5)6)67(62,65-12-3)66-13-4;1-5(2,3)4/h14-18,20,25-26,31-32,41-44,52,57,60-61H,10-13,19,21-24,27-30H2,1-9H3,(H,53,58);(H2,1,2,3,4)/t32-,41+,42+,43-,44-,47+,48-,49-,50+,51+;/m1./s1. The van der Waals surface area contributed by atoms with Crippen LogP contribution >= 0.6 is 7.60 Å². The van der Waals surface area contributed by atoms with Gasteiger partial charge in [-0.3, -0.25) is 33.1 Å². The molecule has 1 amide bonds. The number of hydrogen-bond acceptors (Lipinski definition) is 15. The largest absolute Gasteiger partial charge is 0.496 e. The second kappa shape index (κ2) is 19.7. The molecule has 398 valence electrons. The predicted octanol–water partition coefficient (Wildman–Crippen LogP) is 4.96. The van der Waals surface area contributed by atoms with Gasteiger partial charge in [0.05, 0.1) is 39.1 Å². The number of aromatic nitrogens is 1. The van der Waals surface area contributed by atoms with Crippen LogP contribution in [-0.4, -0.2) is 162 Å². The molecule has 2 aromatic carbocycles. The van der Waals surface area contributed by atoms with E-state index in [1.54, 1.807) is 21.0 Å². The van der Waals surface area contributed by atoms with E-state index in [9.17, 15) is 19.9 Å². The maximum Gasteiger partial charge on any atom is 0.394 e. The van der Waals surface area contributed by atoms with Crippen LogP contribution in [0.3, 0.4) is 0 Å². The number of nitrogens with zero attached hydrogens (tertiary/aromatic N) is 3. The lowest BCUT2D eigenvalue weighted by molar-refractivity contribution is -0.203. The molecular weight excluding hydrogens is 970 g/mol. The van der Waals surface area contributed by atoms with Crippen molar-refractivity contribution < 1.29 is 65.5 Å². The van der Waals surface area contributed by atoms with E-state index in [1.807, 2.05) is 76.1 Å². The molecule has 19 nitrogen and oxygen atoms in total. The summed E-state index contributed by atoms with van der Waals surface area (Å²) in [7, 11) is -3.77. The molecule has 7 N–H and O–H groups in total. The number of H-pyrrole nitrogens is 1. The van der Waals surface area contributed by atoms with Gasteiger partial charge in [0.2, 0.25) is 0 Å². The van der Waals surface area contributed by atoms with Crippen molar-refractivity contribution in [1.29, 1.82) is 0 Å². The number of hydrogen-bond donors (Lipinski definition) is 7. The minimum Gasteiger partial charge on any atom is -0.496 e. The number of piperidine rings is 1. The van der Waals surface area contributed by atoms with Crippen molar-refractivity contribution in [3.63, 3.8) is 0 Å². The lowest BCUT2D eigenvalue weighted by atomic mass is 9.47. The number of methoxy groups -OCH3 is 2. The van der Waals surface area contributed by atoms with E-state index < -0.39 is 81.2 Å². The molecule has 3 fully saturated rings. The monoisotopic (exact) mass is 1040 g/mol. The summed E-state index contributed by atoms with van der Waals surface area (Å²) in [4.78, 5) is 41.4. The first-order valence-corrected chi connectivity index (χ1v) is 28.2. The van der Waals surface area contributed by atoms with E-state index >= 15 is 9.59 Å². The van der Waals surface area contributed by atoms with Gasteiger partial charge in [0.1, 0.15) is 23.1 Å². The summed E-state index contributed by atoms with van der Waals surface area (Å²) >= 11 is 0. The molecule has 1 aromatic heterocycles. The molecule has 21 heteroatoms. The molecule has 9 rings (SSSR count). The fourth-order valence-electron chi connectivity index (χ4n) is 14.4. The van der Waals surface area contributed by atoms with Gasteiger partial charge in [-0.25, -0.2) is 0 Å². The third-order valence-electron chi connectivity index (χ3n) is 17.1. The van der Waals surface area contributed by atoms with Crippen molar-refractivity contribution in [2.45, 2.75) is 126 Å². The van der Waals surface area contributed by atoms with Gasteiger partial charge in [0.25, 0.3) is 5.91 Å². The van der Waals surface area contributed by atoms with Gasteiger partial charge in [0, 0.05) is 84.0 Å². The molecule has 3 aromatic rings. The Hall–Kier alpha value is -3.92. The Balaban J connectivity index is 0.00000132. The van der Waals surface area contributed by atoms with Gasteiger partial charge in [-0.1, -0.05) is 58.0 Å². The minimum absolute atomic E-state index is 0.0734. The molecule has 5 aliphatic heterocycles. The molecular formula is C51H74N5O14PS. The van der Waals surface area contributed by atoms with Crippen molar-refractivity contribution in [2.75, 3.05) is 72.1 Å². The molecule has 2 bridgehead atoms. The van der Waals surface area contributed by atoms with Crippen LogP contribution in [0.15, 0.2) is 48.6 Å². The summed E-state index contributed by atoms with van der Waals surface area (Å²) in [5, 5.41) is 42.9. The molecule has 72 heavy (non-hydrogen) atoms. The SMILES string of the molecule is CCOP(=O)(OCC)[C@H](NC(=O)[C@@]1(O)[C@H](O)[C@]2(CC)C=CCN3CC[C@@]4(c5cc([C@@]6(C(=O)OC)C[C@@H]7C[N@](CCc8c6[nH]c6ccccc86)C[C@](O)(CC)C7)c(OC)cc5N(C)[C@@H]14)[C@@H]32)C(C)C.O=S(=O)(O)O. The zero-order valence-corrected chi connectivity index (χ0v) is 44.6. The van der Waals surface area contributed by atoms with E-state index in [-0.39, 0.29) is 25.2 Å². The summed E-state index contributed by atoms with van der Waals surface area (Å²) in [5.41, 5.74) is -2.27. The average Bonchev–Trinajstić information content (AvgIpc) is 3.99.